The van der Waals surface area contributed by atoms with Gasteiger partial charge < -0.3 is 15.2 Å². The standard InChI is InChI=1S/C14H21NO2S/c1-2-7-17-14-10-12(3-4-13(14)15)18-11-5-8-16-9-6-11/h3-4,10-11H,2,5-9,15H2,1H3. The van der Waals surface area contributed by atoms with Crippen molar-refractivity contribution in [1.29, 1.82) is 0 Å². The molecule has 1 saturated heterocycles. The lowest BCUT2D eigenvalue weighted by Gasteiger charge is -2.21. The predicted molar refractivity (Wildman–Crippen MR) is 76.3 cm³/mol. The first kappa shape index (κ1) is 13.6. The minimum absolute atomic E-state index is 0.654. The van der Waals surface area contributed by atoms with Crippen LogP contribution in [0.3, 0.4) is 0 Å². The maximum Gasteiger partial charge on any atom is 0.143 e. The molecule has 2 rings (SSSR count). The highest BCUT2D eigenvalue weighted by Gasteiger charge is 2.15. The summed E-state index contributed by atoms with van der Waals surface area (Å²) in [5.74, 6) is 0.814. The highest BCUT2D eigenvalue weighted by Crippen LogP contribution is 2.34. The Kier molecular flexibility index (Phi) is 5.20. The van der Waals surface area contributed by atoms with Gasteiger partial charge in [0.1, 0.15) is 5.75 Å². The normalized spacial score (nSPS) is 16.7. The summed E-state index contributed by atoms with van der Waals surface area (Å²) in [7, 11) is 0. The van der Waals surface area contributed by atoms with Gasteiger partial charge in [-0.15, -0.1) is 11.8 Å². The van der Waals surface area contributed by atoms with Crippen LogP contribution >= 0.6 is 11.8 Å². The van der Waals surface area contributed by atoms with Crippen LogP contribution < -0.4 is 10.5 Å². The van der Waals surface area contributed by atoms with Crippen molar-refractivity contribution in [1.82, 2.24) is 0 Å². The van der Waals surface area contributed by atoms with Crippen molar-refractivity contribution >= 4 is 17.4 Å². The number of benzene rings is 1. The van der Waals surface area contributed by atoms with Crippen LogP contribution in [-0.4, -0.2) is 25.1 Å². The summed E-state index contributed by atoms with van der Waals surface area (Å²) < 4.78 is 11.0. The average molecular weight is 267 g/mol. The zero-order valence-electron chi connectivity index (χ0n) is 10.9. The fraction of sp³-hybridized carbons (Fsp3) is 0.571. The molecule has 4 heteroatoms. The highest BCUT2D eigenvalue weighted by molar-refractivity contribution is 8.00. The topological polar surface area (TPSA) is 44.5 Å². The maximum absolute atomic E-state index is 5.91. The molecule has 1 fully saturated rings. The Morgan fingerprint density at radius 1 is 1.39 bits per heavy atom. The van der Waals surface area contributed by atoms with Crippen LogP contribution in [0.25, 0.3) is 0 Å². The average Bonchev–Trinajstić information content (AvgIpc) is 2.40. The lowest BCUT2D eigenvalue weighted by molar-refractivity contribution is 0.100. The molecule has 0 amide bonds. The van der Waals surface area contributed by atoms with Crippen molar-refractivity contribution in [2.45, 2.75) is 36.3 Å². The summed E-state index contributed by atoms with van der Waals surface area (Å²) in [5, 5.41) is 0.654. The molecule has 0 aliphatic carbocycles. The second-order valence-corrected chi connectivity index (χ2v) is 5.85. The van der Waals surface area contributed by atoms with Gasteiger partial charge in [-0.3, -0.25) is 0 Å². The van der Waals surface area contributed by atoms with Gasteiger partial charge in [-0.2, -0.15) is 0 Å². The van der Waals surface area contributed by atoms with Crippen LogP contribution in [0.15, 0.2) is 23.1 Å². The number of nitrogens with two attached hydrogens (primary N) is 1. The monoisotopic (exact) mass is 267 g/mol. The van der Waals surface area contributed by atoms with Gasteiger partial charge in [-0.1, -0.05) is 6.92 Å². The number of nitrogen functional groups attached to an aromatic ring is 1. The number of rotatable bonds is 5. The first-order valence-corrected chi connectivity index (χ1v) is 7.44. The van der Waals surface area contributed by atoms with Crippen molar-refractivity contribution in [2.75, 3.05) is 25.6 Å². The Balaban J connectivity index is 1.99. The van der Waals surface area contributed by atoms with Crippen LogP contribution in [0.5, 0.6) is 5.75 Å². The molecular weight excluding hydrogens is 246 g/mol. The molecule has 2 N–H and O–H groups in total. The third kappa shape index (κ3) is 3.82. The smallest absolute Gasteiger partial charge is 0.143 e. The number of hydrogen-bond donors (Lipinski definition) is 1. The van der Waals surface area contributed by atoms with E-state index in [0.29, 0.717) is 5.25 Å². The maximum atomic E-state index is 5.91. The van der Waals surface area contributed by atoms with Crippen LogP contribution in [0.4, 0.5) is 5.69 Å². The van der Waals surface area contributed by atoms with Crippen molar-refractivity contribution in [2.24, 2.45) is 0 Å². The molecule has 0 atom stereocenters. The van der Waals surface area contributed by atoms with Gasteiger partial charge in [0.2, 0.25) is 0 Å². The Hall–Kier alpha value is -0.870. The first-order valence-electron chi connectivity index (χ1n) is 6.56. The Morgan fingerprint density at radius 3 is 2.89 bits per heavy atom. The van der Waals surface area contributed by atoms with E-state index >= 15 is 0 Å². The molecular formula is C14H21NO2S. The van der Waals surface area contributed by atoms with Crippen LogP contribution in [0.2, 0.25) is 0 Å². The van der Waals surface area contributed by atoms with Gasteiger partial charge in [0, 0.05) is 23.4 Å². The molecule has 0 spiro atoms. The van der Waals surface area contributed by atoms with Gasteiger partial charge in [-0.25, -0.2) is 0 Å². The largest absolute Gasteiger partial charge is 0.491 e. The summed E-state index contributed by atoms with van der Waals surface area (Å²) in [6.45, 7) is 4.57. The van der Waals surface area contributed by atoms with E-state index in [-0.39, 0.29) is 0 Å². The molecule has 1 aromatic rings. The predicted octanol–water partition coefficient (Wildman–Crippen LogP) is 3.33. The molecule has 1 aliphatic rings. The minimum atomic E-state index is 0.654. The SMILES string of the molecule is CCCOc1cc(SC2CCOCC2)ccc1N. The highest BCUT2D eigenvalue weighted by atomic mass is 32.2. The molecule has 1 aromatic carbocycles. The van der Waals surface area contributed by atoms with Crippen molar-refractivity contribution < 1.29 is 9.47 Å². The summed E-state index contributed by atoms with van der Waals surface area (Å²) in [6, 6.07) is 6.08. The van der Waals surface area contributed by atoms with Crippen LogP contribution in [-0.2, 0) is 4.74 Å². The summed E-state index contributed by atoms with van der Waals surface area (Å²) in [4.78, 5) is 1.24. The molecule has 0 aromatic heterocycles. The molecule has 0 saturated carbocycles. The van der Waals surface area contributed by atoms with Crippen molar-refractivity contribution in [3.05, 3.63) is 18.2 Å². The summed E-state index contributed by atoms with van der Waals surface area (Å²) in [6.07, 6.45) is 3.25. The molecule has 0 bridgehead atoms. The van der Waals surface area contributed by atoms with E-state index < -0.39 is 0 Å². The molecule has 0 radical (unpaired) electrons. The van der Waals surface area contributed by atoms with Gasteiger partial charge in [0.15, 0.2) is 0 Å². The Bertz CT molecular complexity index is 378. The van der Waals surface area contributed by atoms with Gasteiger partial charge in [0.05, 0.1) is 12.3 Å². The number of ether oxygens (including phenoxy) is 2. The Morgan fingerprint density at radius 2 is 2.17 bits per heavy atom. The van der Waals surface area contributed by atoms with Crippen molar-refractivity contribution in [3.8, 4) is 5.75 Å². The summed E-state index contributed by atoms with van der Waals surface area (Å²) >= 11 is 1.91. The van der Waals surface area contributed by atoms with E-state index in [1.54, 1.807) is 0 Å². The zero-order chi connectivity index (χ0) is 12.8. The second kappa shape index (κ2) is 6.90. The van der Waals surface area contributed by atoms with E-state index in [0.717, 1.165) is 50.5 Å². The number of hydrogen-bond acceptors (Lipinski definition) is 4. The Labute approximate surface area is 113 Å². The van der Waals surface area contributed by atoms with Gasteiger partial charge in [0.25, 0.3) is 0 Å². The number of thioether (sulfide) groups is 1. The van der Waals surface area contributed by atoms with E-state index in [9.17, 15) is 0 Å². The molecule has 100 valence electrons. The minimum Gasteiger partial charge on any atom is -0.491 e. The summed E-state index contributed by atoms with van der Waals surface area (Å²) in [5.41, 5.74) is 6.63. The molecule has 1 heterocycles. The van der Waals surface area contributed by atoms with E-state index in [2.05, 4.69) is 19.1 Å². The lowest BCUT2D eigenvalue weighted by atomic mass is 10.2. The van der Waals surface area contributed by atoms with Gasteiger partial charge in [-0.05, 0) is 37.5 Å². The third-order valence-corrected chi connectivity index (χ3v) is 4.25. The quantitative estimate of drug-likeness (QED) is 0.831. The lowest BCUT2D eigenvalue weighted by Crippen LogP contribution is -2.17. The van der Waals surface area contributed by atoms with Crippen LogP contribution in [0.1, 0.15) is 26.2 Å². The zero-order valence-corrected chi connectivity index (χ0v) is 11.7. The van der Waals surface area contributed by atoms with Crippen LogP contribution in [0, 0.1) is 0 Å². The fourth-order valence-corrected chi connectivity index (χ4v) is 3.05. The van der Waals surface area contributed by atoms with E-state index in [4.69, 9.17) is 15.2 Å². The van der Waals surface area contributed by atoms with Gasteiger partial charge >= 0.3 is 0 Å². The van der Waals surface area contributed by atoms with Crippen molar-refractivity contribution in [3.63, 3.8) is 0 Å². The molecule has 0 unspecified atom stereocenters. The van der Waals surface area contributed by atoms with E-state index in [1.165, 1.54) is 4.90 Å². The molecule has 3 nitrogen and oxygen atoms in total. The number of anilines is 1. The first-order chi connectivity index (χ1) is 8.79. The van der Waals surface area contributed by atoms with E-state index in [1.807, 2.05) is 17.8 Å². The molecule has 18 heavy (non-hydrogen) atoms. The fourth-order valence-electron chi connectivity index (χ4n) is 1.91. The third-order valence-electron chi connectivity index (χ3n) is 2.92. The second-order valence-electron chi connectivity index (χ2n) is 4.48. The molecule has 1 aliphatic heterocycles.